The molecule has 0 amide bonds. The number of hydrogen-bond acceptors (Lipinski definition) is 2. The zero-order valence-corrected chi connectivity index (χ0v) is 12.8. The quantitative estimate of drug-likeness (QED) is 0.855. The van der Waals surface area contributed by atoms with Crippen LogP contribution in [0, 0.1) is 0 Å². The first-order valence-electron chi connectivity index (χ1n) is 6.79. The van der Waals surface area contributed by atoms with Gasteiger partial charge in [-0.3, -0.25) is 0 Å². The van der Waals surface area contributed by atoms with Gasteiger partial charge in [-0.25, -0.2) is 8.42 Å². The lowest BCUT2D eigenvalue weighted by molar-refractivity contribution is 0.329. The molecule has 5 heteroatoms. The van der Waals surface area contributed by atoms with Crippen molar-refractivity contribution in [1.82, 2.24) is 4.31 Å². The lowest BCUT2D eigenvalue weighted by atomic mass is 10.0. The van der Waals surface area contributed by atoms with Crippen molar-refractivity contribution in [3.8, 4) is 0 Å². The summed E-state index contributed by atoms with van der Waals surface area (Å²) in [5, 5.41) is 0.683. The molecule has 1 aliphatic heterocycles. The smallest absolute Gasteiger partial charge is 0.212 e. The molecule has 1 atom stereocenters. The van der Waals surface area contributed by atoms with E-state index in [0.29, 0.717) is 11.6 Å². The van der Waals surface area contributed by atoms with Crippen LogP contribution in [0.25, 0.3) is 0 Å². The van der Waals surface area contributed by atoms with E-state index in [2.05, 4.69) is 0 Å². The van der Waals surface area contributed by atoms with Crippen LogP contribution in [0.5, 0.6) is 0 Å². The van der Waals surface area contributed by atoms with Crippen molar-refractivity contribution in [2.75, 3.05) is 12.3 Å². The predicted molar refractivity (Wildman–Crippen MR) is 78.8 cm³/mol. The first-order chi connectivity index (χ1) is 9.04. The van der Waals surface area contributed by atoms with Crippen LogP contribution in [0.15, 0.2) is 24.3 Å². The molecule has 106 valence electrons. The van der Waals surface area contributed by atoms with Crippen molar-refractivity contribution in [3.05, 3.63) is 34.9 Å². The average Bonchev–Trinajstić information content (AvgIpc) is 2.66. The van der Waals surface area contributed by atoms with Crippen LogP contribution in [-0.4, -0.2) is 25.0 Å². The van der Waals surface area contributed by atoms with Crippen LogP contribution in [0.4, 0.5) is 0 Å². The van der Waals surface area contributed by atoms with Gasteiger partial charge in [0.2, 0.25) is 10.0 Å². The Balaban J connectivity index is 2.35. The molecule has 0 saturated carbocycles. The highest BCUT2D eigenvalue weighted by atomic mass is 35.5. The minimum Gasteiger partial charge on any atom is -0.212 e. The van der Waals surface area contributed by atoms with Crippen molar-refractivity contribution in [3.63, 3.8) is 0 Å². The molecule has 0 bridgehead atoms. The Kier molecular flexibility index (Phi) is 4.87. The van der Waals surface area contributed by atoms with Crippen LogP contribution < -0.4 is 0 Å². The molecular weight excluding hydrogens is 282 g/mol. The van der Waals surface area contributed by atoms with E-state index in [-0.39, 0.29) is 11.8 Å². The standard InChI is InChI=1S/C14H20ClNO2S/c1-2-19(17,18)16-11-5-3-4-6-14(16)12-7-9-13(15)10-8-12/h7-10,14H,2-6,11H2,1H3/t14-/m0/s1. The Bertz CT molecular complexity index is 513. The second kappa shape index (κ2) is 6.25. The van der Waals surface area contributed by atoms with E-state index in [0.717, 1.165) is 31.2 Å². The largest absolute Gasteiger partial charge is 0.214 e. The summed E-state index contributed by atoms with van der Waals surface area (Å²) in [5.74, 6) is 0.164. The number of rotatable bonds is 3. The highest BCUT2D eigenvalue weighted by molar-refractivity contribution is 7.89. The highest BCUT2D eigenvalue weighted by Crippen LogP contribution is 2.32. The normalized spacial score (nSPS) is 22.1. The Morgan fingerprint density at radius 3 is 2.53 bits per heavy atom. The molecule has 0 aliphatic carbocycles. The summed E-state index contributed by atoms with van der Waals surface area (Å²) in [5.41, 5.74) is 1.04. The summed E-state index contributed by atoms with van der Waals surface area (Å²) in [6, 6.07) is 7.51. The van der Waals surface area contributed by atoms with Crippen molar-refractivity contribution in [1.29, 1.82) is 0 Å². The highest BCUT2D eigenvalue weighted by Gasteiger charge is 2.30. The van der Waals surface area contributed by atoms with E-state index >= 15 is 0 Å². The number of halogens is 1. The Morgan fingerprint density at radius 2 is 1.89 bits per heavy atom. The van der Waals surface area contributed by atoms with Crippen molar-refractivity contribution >= 4 is 21.6 Å². The van der Waals surface area contributed by atoms with Gasteiger partial charge in [-0.05, 0) is 37.5 Å². The predicted octanol–water partition coefficient (Wildman–Crippen LogP) is 3.61. The zero-order valence-electron chi connectivity index (χ0n) is 11.2. The molecule has 1 fully saturated rings. The summed E-state index contributed by atoms with van der Waals surface area (Å²) >= 11 is 5.90. The van der Waals surface area contributed by atoms with E-state index in [4.69, 9.17) is 11.6 Å². The van der Waals surface area contributed by atoms with Gasteiger partial charge in [-0.1, -0.05) is 36.6 Å². The molecular formula is C14H20ClNO2S. The van der Waals surface area contributed by atoms with Crippen LogP contribution >= 0.6 is 11.6 Å². The second-order valence-corrected chi connectivity index (χ2v) is 7.57. The van der Waals surface area contributed by atoms with E-state index < -0.39 is 10.0 Å². The summed E-state index contributed by atoms with van der Waals surface area (Å²) in [4.78, 5) is 0. The van der Waals surface area contributed by atoms with Gasteiger partial charge in [0.25, 0.3) is 0 Å². The fourth-order valence-electron chi connectivity index (χ4n) is 2.60. The van der Waals surface area contributed by atoms with Crippen molar-refractivity contribution < 1.29 is 8.42 Å². The Hall–Kier alpha value is -0.580. The SMILES string of the molecule is CCS(=O)(=O)N1CCCCC[C@H]1c1ccc(Cl)cc1. The lowest BCUT2D eigenvalue weighted by Crippen LogP contribution is -2.35. The molecule has 1 heterocycles. The van der Waals surface area contributed by atoms with Gasteiger partial charge in [-0.2, -0.15) is 4.31 Å². The monoisotopic (exact) mass is 301 g/mol. The molecule has 1 saturated heterocycles. The third-order valence-electron chi connectivity index (χ3n) is 3.68. The van der Waals surface area contributed by atoms with Crippen molar-refractivity contribution in [2.45, 2.75) is 38.6 Å². The van der Waals surface area contributed by atoms with Gasteiger partial charge in [0.1, 0.15) is 0 Å². The zero-order chi connectivity index (χ0) is 13.9. The summed E-state index contributed by atoms with van der Waals surface area (Å²) in [6.45, 7) is 2.34. The molecule has 1 aliphatic rings. The molecule has 0 unspecified atom stereocenters. The molecule has 2 rings (SSSR count). The van der Waals surface area contributed by atoms with Crippen molar-refractivity contribution in [2.24, 2.45) is 0 Å². The molecule has 0 spiro atoms. The van der Waals surface area contributed by atoms with Crippen LogP contribution in [0.1, 0.15) is 44.2 Å². The third kappa shape index (κ3) is 3.50. The number of nitrogens with zero attached hydrogens (tertiary/aromatic N) is 1. The topological polar surface area (TPSA) is 37.4 Å². The van der Waals surface area contributed by atoms with Crippen LogP contribution in [0.3, 0.4) is 0 Å². The third-order valence-corrected chi connectivity index (χ3v) is 5.81. The maximum atomic E-state index is 12.3. The van der Waals surface area contributed by atoms with Gasteiger partial charge in [-0.15, -0.1) is 0 Å². The molecule has 1 aromatic rings. The van der Waals surface area contributed by atoms with E-state index in [1.165, 1.54) is 0 Å². The summed E-state index contributed by atoms with van der Waals surface area (Å²) in [6.07, 6.45) is 4.01. The van der Waals surface area contributed by atoms with Gasteiger partial charge in [0.05, 0.1) is 5.75 Å². The van der Waals surface area contributed by atoms with Crippen LogP contribution in [-0.2, 0) is 10.0 Å². The fraction of sp³-hybridized carbons (Fsp3) is 0.571. The number of benzene rings is 1. The molecule has 1 aromatic carbocycles. The van der Waals surface area contributed by atoms with Gasteiger partial charge in [0.15, 0.2) is 0 Å². The number of hydrogen-bond donors (Lipinski definition) is 0. The van der Waals surface area contributed by atoms with Gasteiger partial charge in [0, 0.05) is 17.6 Å². The molecule has 0 radical (unpaired) electrons. The average molecular weight is 302 g/mol. The maximum Gasteiger partial charge on any atom is 0.214 e. The summed E-state index contributed by atoms with van der Waals surface area (Å²) in [7, 11) is -3.15. The first kappa shape index (κ1) is 14.8. The lowest BCUT2D eigenvalue weighted by Gasteiger charge is -2.29. The summed E-state index contributed by atoms with van der Waals surface area (Å²) < 4.78 is 26.2. The number of sulfonamides is 1. The van der Waals surface area contributed by atoms with Crippen LogP contribution in [0.2, 0.25) is 5.02 Å². The van der Waals surface area contributed by atoms with E-state index in [1.807, 2.05) is 24.3 Å². The fourth-order valence-corrected chi connectivity index (χ4v) is 4.08. The Labute approximate surface area is 120 Å². The second-order valence-electron chi connectivity index (χ2n) is 4.93. The first-order valence-corrected chi connectivity index (χ1v) is 8.78. The van der Waals surface area contributed by atoms with Gasteiger partial charge >= 0.3 is 0 Å². The minimum absolute atomic E-state index is 0.0373. The molecule has 0 N–H and O–H groups in total. The molecule has 3 nitrogen and oxygen atoms in total. The minimum atomic E-state index is -3.15. The van der Waals surface area contributed by atoms with E-state index in [9.17, 15) is 8.42 Å². The van der Waals surface area contributed by atoms with E-state index in [1.54, 1.807) is 11.2 Å². The Morgan fingerprint density at radius 1 is 1.21 bits per heavy atom. The molecule has 0 aromatic heterocycles. The maximum absolute atomic E-state index is 12.3. The van der Waals surface area contributed by atoms with Gasteiger partial charge < -0.3 is 0 Å². The molecule has 19 heavy (non-hydrogen) atoms.